The third-order valence-electron chi connectivity index (χ3n) is 1.39. The maximum atomic E-state index is 3.56. The molecule has 11 heavy (non-hydrogen) atoms. The lowest BCUT2D eigenvalue weighted by Crippen LogP contribution is -2.04. The van der Waals surface area contributed by atoms with Crippen molar-refractivity contribution in [2.45, 2.75) is 53.9 Å². The first-order valence-corrected chi connectivity index (χ1v) is 4.75. The van der Waals surface area contributed by atoms with Crippen molar-refractivity contribution in [3.63, 3.8) is 0 Å². The van der Waals surface area contributed by atoms with Crippen LogP contribution in [-0.2, 0) is 0 Å². The van der Waals surface area contributed by atoms with Gasteiger partial charge in [-0.2, -0.15) is 0 Å². The van der Waals surface area contributed by atoms with E-state index >= 15 is 0 Å². The minimum Gasteiger partial charge on any atom is -0.100 e. The molecular weight excluding hydrogens is 132 g/mol. The third-order valence-corrected chi connectivity index (χ3v) is 1.39. The Balaban J connectivity index is 0. The second-order valence-corrected chi connectivity index (χ2v) is 3.24. The maximum absolute atomic E-state index is 3.56. The maximum Gasteiger partial charge on any atom is -0.0443 e. The van der Waals surface area contributed by atoms with Crippen molar-refractivity contribution < 1.29 is 0 Å². The average Bonchev–Trinajstić information content (AvgIpc) is 1.87. The highest BCUT2D eigenvalue weighted by Gasteiger charge is 2.09. The molecule has 1 rings (SSSR count). The highest BCUT2D eigenvalue weighted by Crippen LogP contribution is 2.24. The monoisotopic (exact) mass is 156 g/mol. The lowest BCUT2D eigenvalue weighted by Gasteiger charge is -2.18. The van der Waals surface area contributed by atoms with E-state index in [9.17, 15) is 0 Å². The summed E-state index contributed by atoms with van der Waals surface area (Å²) < 4.78 is 0. The summed E-state index contributed by atoms with van der Waals surface area (Å²) >= 11 is 0. The van der Waals surface area contributed by atoms with Crippen molar-refractivity contribution in [1.82, 2.24) is 0 Å². The van der Waals surface area contributed by atoms with Gasteiger partial charge in [0.15, 0.2) is 0 Å². The predicted molar refractivity (Wildman–Crippen MR) is 54.9 cm³/mol. The van der Waals surface area contributed by atoms with Gasteiger partial charge in [0.05, 0.1) is 0 Å². The van der Waals surface area contributed by atoms with Crippen LogP contribution in [0, 0.1) is 5.92 Å². The smallest absolute Gasteiger partial charge is 0.0443 e. The Labute approximate surface area is 72.7 Å². The van der Waals surface area contributed by atoms with Gasteiger partial charge in [0.2, 0.25) is 0 Å². The van der Waals surface area contributed by atoms with E-state index in [1.54, 1.807) is 0 Å². The zero-order chi connectivity index (χ0) is 9.28. The molecule has 1 fully saturated rings. The topological polar surface area (TPSA) is 0 Å². The molecule has 0 aromatic rings. The summed E-state index contributed by atoms with van der Waals surface area (Å²) in [5.41, 5.74) is 1.17. The molecule has 0 aromatic heterocycles. The lowest BCUT2D eigenvalue weighted by atomic mass is 9.88. The van der Waals surface area contributed by atoms with Gasteiger partial charge in [0.1, 0.15) is 0 Å². The van der Waals surface area contributed by atoms with Gasteiger partial charge in [-0.1, -0.05) is 45.6 Å². The molecule has 0 atom stereocenters. The summed E-state index contributed by atoms with van der Waals surface area (Å²) in [6.07, 6.45) is 4.46. The molecule has 0 saturated heterocycles. The zero-order valence-corrected chi connectivity index (χ0v) is 8.91. The summed E-state index contributed by atoms with van der Waals surface area (Å²) in [5, 5.41) is 0. The molecule has 0 spiro atoms. The molecule has 0 aliphatic heterocycles. The van der Waals surface area contributed by atoms with Gasteiger partial charge in [-0.15, -0.1) is 6.58 Å². The second-order valence-electron chi connectivity index (χ2n) is 3.24. The molecule has 1 aliphatic rings. The highest BCUT2D eigenvalue weighted by molar-refractivity contribution is 4.78. The fraction of sp³-hybridized carbons (Fsp3) is 0.818. The molecule has 0 nitrogen and oxygen atoms in total. The van der Waals surface area contributed by atoms with Gasteiger partial charge in [-0.3, -0.25) is 0 Å². The van der Waals surface area contributed by atoms with E-state index in [0.717, 1.165) is 5.92 Å². The van der Waals surface area contributed by atoms with Gasteiger partial charge < -0.3 is 0 Å². The molecule has 0 heteroatoms. The van der Waals surface area contributed by atoms with Crippen molar-refractivity contribution in [2.24, 2.45) is 5.92 Å². The first-order chi connectivity index (χ1) is 5.13. The largest absolute Gasteiger partial charge is 0.100 e. The Hall–Kier alpha value is -0.260. The van der Waals surface area contributed by atoms with Crippen LogP contribution in [0.2, 0.25) is 0 Å². The van der Waals surface area contributed by atoms with Gasteiger partial charge in [0.25, 0.3) is 0 Å². The molecule has 1 saturated carbocycles. The normalized spacial score (nSPS) is 14.6. The summed E-state index contributed by atoms with van der Waals surface area (Å²) in [7, 11) is 0. The molecular formula is C11H24. The van der Waals surface area contributed by atoms with Gasteiger partial charge in [-0.25, -0.2) is 0 Å². The average molecular weight is 156 g/mol. The van der Waals surface area contributed by atoms with E-state index in [1.807, 2.05) is 27.7 Å². The van der Waals surface area contributed by atoms with E-state index in [-0.39, 0.29) is 0 Å². The summed E-state index contributed by atoms with van der Waals surface area (Å²) in [4.78, 5) is 0. The molecule has 0 heterocycles. The van der Waals surface area contributed by atoms with E-state index in [2.05, 4.69) is 13.5 Å². The molecule has 68 valence electrons. The van der Waals surface area contributed by atoms with Gasteiger partial charge in [0, 0.05) is 0 Å². The highest BCUT2D eigenvalue weighted by atomic mass is 14.1. The predicted octanol–water partition coefficient (Wildman–Crippen LogP) is 4.42. The zero-order valence-electron chi connectivity index (χ0n) is 8.91. The number of rotatable bonds is 0. The van der Waals surface area contributed by atoms with Crippen LogP contribution in [0.3, 0.4) is 0 Å². The van der Waals surface area contributed by atoms with Crippen molar-refractivity contribution >= 4 is 0 Å². The molecule has 0 radical (unpaired) electrons. The summed E-state index contributed by atoms with van der Waals surface area (Å²) in [6.45, 7) is 13.8. The minimum absolute atomic E-state index is 1.06. The fourth-order valence-corrected chi connectivity index (χ4v) is 0.612. The number of allylic oxidation sites excluding steroid dienone is 1. The van der Waals surface area contributed by atoms with Crippen molar-refractivity contribution in [3.05, 3.63) is 12.2 Å². The van der Waals surface area contributed by atoms with Gasteiger partial charge >= 0.3 is 0 Å². The van der Waals surface area contributed by atoms with Crippen LogP contribution in [0.15, 0.2) is 12.2 Å². The molecule has 1 aliphatic carbocycles. The quantitative estimate of drug-likeness (QED) is 0.456. The van der Waals surface area contributed by atoms with Crippen LogP contribution < -0.4 is 0 Å². The Kier molecular flexibility index (Phi) is 11.8. The third kappa shape index (κ3) is 17.7. The van der Waals surface area contributed by atoms with Crippen LogP contribution in [0.5, 0.6) is 0 Å². The van der Waals surface area contributed by atoms with Crippen LogP contribution in [-0.4, -0.2) is 0 Å². The second kappa shape index (κ2) is 9.74. The van der Waals surface area contributed by atoms with Crippen molar-refractivity contribution in [2.75, 3.05) is 0 Å². The van der Waals surface area contributed by atoms with Gasteiger partial charge in [-0.05, 0) is 19.8 Å². The van der Waals surface area contributed by atoms with Crippen LogP contribution >= 0.6 is 0 Å². The Bertz CT molecular complexity index is 74.0. The Morgan fingerprint density at radius 1 is 1.18 bits per heavy atom. The van der Waals surface area contributed by atoms with Crippen LogP contribution in [0.1, 0.15) is 53.9 Å². The SMILES string of the molecule is C=C(C)C.CC.CC1CCC1. The van der Waals surface area contributed by atoms with Crippen molar-refractivity contribution in [1.29, 1.82) is 0 Å². The first kappa shape index (κ1) is 13.3. The van der Waals surface area contributed by atoms with E-state index in [1.165, 1.54) is 24.8 Å². The van der Waals surface area contributed by atoms with Crippen LogP contribution in [0.4, 0.5) is 0 Å². The Morgan fingerprint density at radius 3 is 1.36 bits per heavy atom. The molecule has 0 N–H and O–H groups in total. The lowest BCUT2D eigenvalue weighted by molar-refractivity contribution is 0.346. The molecule has 0 amide bonds. The molecule has 0 bridgehead atoms. The first-order valence-electron chi connectivity index (χ1n) is 4.75. The molecule has 0 aromatic carbocycles. The summed E-state index contributed by atoms with van der Waals surface area (Å²) in [5.74, 6) is 1.06. The number of hydrogen-bond donors (Lipinski definition) is 0. The van der Waals surface area contributed by atoms with E-state index in [0.29, 0.717) is 0 Å². The minimum atomic E-state index is 1.06. The standard InChI is InChI=1S/C5H10.C4H8.C2H6/c1-5-3-2-4-5;1-4(2)3;1-2/h5H,2-4H2,1H3;1H2,2-3H3;1-2H3. The molecule has 0 unspecified atom stereocenters. The summed E-state index contributed by atoms with van der Waals surface area (Å²) in [6, 6.07) is 0. The van der Waals surface area contributed by atoms with Crippen LogP contribution in [0.25, 0.3) is 0 Å². The number of hydrogen-bond acceptors (Lipinski definition) is 0. The van der Waals surface area contributed by atoms with Crippen molar-refractivity contribution in [3.8, 4) is 0 Å². The fourth-order valence-electron chi connectivity index (χ4n) is 0.612. The van der Waals surface area contributed by atoms with E-state index in [4.69, 9.17) is 0 Å². The Morgan fingerprint density at radius 2 is 1.36 bits per heavy atom. The van der Waals surface area contributed by atoms with E-state index < -0.39 is 0 Å².